The summed E-state index contributed by atoms with van der Waals surface area (Å²) in [5.74, 6) is -1.57. The van der Waals surface area contributed by atoms with Gasteiger partial charge in [-0.15, -0.1) is 0 Å². The SMILES string of the molecule is CC(C)CC(=O)C(CCC(=O)C(C)C)NC(=O)CCC(NC(=O)CCC(NC(C)C)C(=O)C(C)C)C(=O)C(C)C. The van der Waals surface area contributed by atoms with Crippen LogP contribution in [0.3, 0.4) is 0 Å². The van der Waals surface area contributed by atoms with Crippen molar-refractivity contribution in [2.75, 3.05) is 0 Å². The van der Waals surface area contributed by atoms with Gasteiger partial charge in [0.05, 0.1) is 18.1 Å². The Kier molecular flexibility index (Phi) is 17.7. The van der Waals surface area contributed by atoms with Crippen molar-refractivity contribution in [1.82, 2.24) is 16.0 Å². The molecule has 0 aromatic rings. The van der Waals surface area contributed by atoms with E-state index < -0.39 is 24.0 Å². The van der Waals surface area contributed by atoms with Crippen molar-refractivity contribution in [1.29, 1.82) is 0 Å². The molecule has 0 aromatic carbocycles. The average Bonchev–Trinajstić information content (AvgIpc) is 2.84. The first-order valence-electron chi connectivity index (χ1n) is 14.9. The Morgan fingerprint density at radius 2 is 0.925 bits per heavy atom. The van der Waals surface area contributed by atoms with Gasteiger partial charge in [-0.1, -0.05) is 69.2 Å². The molecule has 0 fully saturated rings. The summed E-state index contributed by atoms with van der Waals surface area (Å²) in [4.78, 5) is 76.0. The van der Waals surface area contributed by atoms with Crippen molar-refractivity contribution in [2.45, 2.75) is 138 Å². The number of hydrogen-bond donors (Lipinski definition) is 3. The highest BCUT2D eigenvalue weighted by molar-refractivity contribution is 5.92. The summed E-state index contributed by atoms with van der Waals surface area (Å²) in [6.07, 6.45) is 1.12. The number of amides is 2. The van der Waals surface area contributed by atoms with Crippen molar-refractivity contribution in [3.05, 3.63) is 0 Å². The molecule has 0 heterocycles. The van der Waals surface area contributed by atoms with Crippen LogP contribution in [0.5, 0.6) is 0 Å². The maximum atomic E-state index is 12.9. The molecule has 0 aliphatic rings. The van der Waals surface area contributed by atoms with E-state index in [9.17, 15) is 28.8 Å². The quantitative estimate of drug-likeness (QED) is 0.191. The molecule has 0 saturated heterocycles. The zero-order valence-electron chi connectivity index (χ0n) is 26.5. The van der Waals surface area contributed by atoms with Gasteiger partial charge in [-0.3, -0.25) is 28.8 Å². The number of Topliss-reactive ketones (excluding diaryl/α,β-unsaturated/α-hetero) is 4. The van der Waals surface area contributed by atoms with Crippen LogP contribution >= 0.6 is 0 Å². The molecule has 3 unspecified atom stereocenters. The largest absolute Gasteiger partial charge is 0.346 e. The van der Waals surface area contributed by atoms with Gasteiger partial charge in [0.2, 0.25) is 11.8 Å². The van der Waals surface area contributed by atoms with E-state index in [1.165, 1.54) is 0 Å². The van der Waals surface area contributed by atoms with Crippen LogP contribution in [-0.4, -0.2) is 59.1 Å². The van der Waals surface area contributed by atoms with Crippen molar-refractivity contribution in [2.24, 2.45) is 23.7 Å². The van der Waals surface area contributed by atoms with Crippen molar-refractivity contribution in [3.63, 3.8) is 0 Å². The summed E-state index contributed by atoms with van der Waals surface area (Å²) in [5.41, 5.74) is 0. The van der Waals surface area contributed by atoms with Crippen LogP contribution in [0.15, 0.2) is 0 Å². The Morgan fingerprint density at radius 1 is 0.500 bits per heavy atom. The molecule has 0 aromatic heterocycles. The minimum atomic E-state index is -0.858. The Morgan fingerprint density at radius 3 is 1.35 bits per heavy atom. The van der Waals surface area contributed by atoms with Gasteiger partial charge in [0, 0.05) is 49.5 Å². The highest BCUT2D eigenvalue weighted by atomic mass is 16.2. The van der Waals surface area contributed by atoms with Crippen LogP contribution in [0.1, 0.15) is 114 Å². The molecule has 0 radical (unpaired) electrons. The van der Waals surface area contributed by atoms with E-state index in [2.05, 4.69) is 16.0 Å². The van der Waals surface area contributed by atoms with E-state index in [1.54, 1.807) is 27.7 Å². The summed E-state index contributed by atoms with van der Waals surface area (Å²) in [5, 5.41) is 8.74. The topological polar surface area (TPSA) is 139 Å². The smallest absolute Gasteiger partial charge is 0.220 e. The monoisotopic (exact) mass is 565 g/mol. The Balaban J connectivity index is 5.32. The van der Waals surface area contributed by atoms with Gasteiger partial charge in [0.15, 0.2) is 17.3 Å². The molecule has 2 amide bonds. The molecule has 0 spiro atoms. The first-order chi connectivity index (χ1) is 18.5. The van der Waals surface area contributed by atoms with Crippen LogP contribution in [0.25, 0.3) is 0 Å². The van der Waals surface area contributed by atoms with Crippen molar-refractivity contribution < 1.29 is 28.8 Å². The predicted molar refractivity (Wildman–Crippen MR) is 158 cm³/mol. The molecule has 9 nitrogen and oxygen atoms in total. The fourth-order valence-electron chi connectivity index (χ4n) is 4.32. The Labute approximate surface area is 241 Å². The Hall–Kier alpha value is -2.42. The van der Waals surface area contributed by atoms with Crippen molar-refractivity contribution >= 4 is 34.9 Å². The zero-order valence-corrected chi connectivity index (χ0v) is 26.5. The minimum absolute atomic E-state index is 0.0304. The van der Waals surface area contributed by atoms with E-state index in [0.29, 0.717) is 6.42 Å². The third-order valence-electron chi connectivity index (χ3n) is 6.67. The second kappa shape index (κ2) is 18.8. The van der Waals surface area contributed by atoms with Gasteiger partial charge in [-0.25, -0.2) is 0 Å². The van der Waals surface area contributed by atoms with E-state index in [-0.39, 0.29) is 97.3 Å². The lowest BCUT2D eigenvalue weighted by Crippen LogP contribution is -2.46. The summed E-state index contributed by atoms with van der Waals surface area (Å²) >= 11 is 0. The van der Waals surface area contributed by atoms with E-state index in [0.717, 1.165) is 0 Å². The molecule has 0 saturated carbocycles. The van der Waals surface area contributed by atoms with Crippen LogP contribution in [-0.2, 0) is 28.8 Å². The van der Waals surface area contributed by atoms with E-state index >= 15 is 0 Å². The third-order valence-corrected chi connectivity index (χ3v) is 6.67. The van der Waals surface area contributed by atoms with Gasteiger partial charge in [-0.2, -0.15) is 0 Å². The predicted octanol–water partition coefficient (Wildman–Crippen LogP) is 3.95. The molecular weight excluding hydrogens is 510 g/mol. The fraction of sp³-hybridized carbons (Fsp3) is 0.806. The summed E-state index contributed by atoms with van der Waals surface area (Å²) < 4.78 is 0. The highest BCUT2D eigenvalue weighted by Crippen LogP contribution is 2.13. The third kappa shape index (κ3) is 15.4. The normalized spacial score (nSPS) is 14.0. The van der Waals surface area contributed by atoms with Crippen molar-refractivity contribution in [3.8, 4) is 0 Å². The fourth-order valence-corrected chi connectivity index (χ4v) is 4.32. The van der Waals surface area contributed by atoms with Crippen LogP contribution in [0.4, 0.5) is 0 Å². The lowest BCUT2D eigenvalue weighted by Gasteiger charge is -2.23. The maximum Gasteiger partial charge on any atom is 0.220 e. The molecule has 3 atom stereocenters. The van der Waals surface area contributed by atoms with Crippen LogP contribution in [0.2, 0.25) is 0 Å². The second-order valence-electron chi connectivity index (χ2n) is 12.5. The van der Waals surface area contributed by atoms with Gasteiger partial charge in [0.1, 0.15) is 5.78 Å². The van der Waals surface area contributed by atoms with Gasteiger partial charge < -0.3 is 16.0 Å². The first kappa shape index (κ1) is 37.6. The first-order valence-corrected chi connectivity index (χ1v) is 14.9. The average molecular weight is 566 g/mol. The standard InChI is InChI=1S/C31H55N3O6/c1-18(2)17-27(36)23(11-14-26(35)19(3)4)33-28(37)16-13-25(31(40)21(7)8)34-29(38)15-12-24(32-22(9)10)30(39)20(5)6/h18-25,32H,11-17H2,1-10H3,(H,33,37)(H,34,38). The van der Waals surface area contributed by atoms with E-state index in [4.69, 9.17) is 0 Å². The zero-order chi connectivity index (χ0) is 31.2. The van der Waals surface area contributed by atoms with Gasteiger partial charge in [-0.05, 0) is 25.2 Å². The van der Waals surface area contributed by atoms with Gasteiger partial charge >= 0.3 is 0 Å². The lowest BCUT2D eigenvalue weighted by molar-refractivity contribution is -0.131. The molecule has 3 N–H and O–H groups in total. The van der Waals surface area contributed by atoms with Gasteiger partial charge in [0.25, 0.3) is 0 Å². The second-order valence-corrected chi connectivity index (χ2v) is 12.5. The molecule has 40 heavy (non-hydrogen) atoms. The number of carbonyl (C=O) groups excluding carboxylic acids is 6. The summed E-state index contributed by atoms with van der Waals surface area (Å²) in [6, 6.07) is -2.01. The lowest BCUT2D eigenvalue weighted by atomic mass is 9.94. The Bertz CT molecular complexity index is 863. The number of carbonyl (C=O) groups is 6. The number of hydrogen-bond acceptors (Lipinski definition) is 7. The van der Waals surface area contributed by atoms with E-state index in [1.807, 2.05) is 41.5 Å². The molecule has 230 valence electrons. The van der Waals surface area contributed by atoms with Crippen LogP contribution < -0.4 is 16.0 Å². The highest BCUT2D eigenvalue weighted by Gasteiger charge is 2.28. The molecule has 0 rings (SSSR count). The molecule has 0 aliphatic carbocycles. The summed E-state index contributed by atoms with van der Waals surface area (Å²) in [7, 11) is 0. The molecule has 0 bridgehead atoms. The number of nitrogens with one attached hydrogen (secondary N) is 3. The minimum Gasteiger partial charge on any atom is -0.346 e. The maximum absolute atomic E-state index is 12.9. The molecule has 9 heteroatoms. The summed E-state index contributed by atoms with van der Waals surface area (Å²) in [6.45, 7) is 18.4. The number of ketones is 4. The van der Waals surface area contributed by atoms with Crippen LogP contribution in [0, 0.1) is 23.7 Å². The number of rotatable bonds is 21. The molecular formula is C31H55N3O6. The molecule has 0 aliphatic heterocycles.